The SMILES string of the molecule is C1CCc2nnc(CC3CSCCN3)n2CC1. The molecule has 3 rings (SSSR count). The third-order valence-corrected chi connectivity index (χ3v) is 4.74. The summed E-state index contributed by atoms with van der Waals surface area (Å²) in [5.74, 6) is 4.86. The third kappa shape index (κ3) is 2.65. The van der Waals surface area contributed by atoms with Gasteiger partial charge in [-0.2, -0.15) is 11.8 Å². The molecule has 17 heavy (non-hydrogen) atoms. The number of nitrogens with zero attached hydrogens (tertiary/aromatic N) is 3. The number of hydrogen-bond donors (Lipinski definition) is 1. The van der Waals surface area contributed by atoms with Crippen LogP contribution in [-0.2, 0) is 19.4 Å². The average Bonchev–Trinajstić information content (AvgIpc) is 2.61. The molecule has 1 aromatic rings. The van der Waals surface area contributed by atoms with Gasteiger partial charge in [0.25, 0.3) is 0 Å². The van der Waals surface area contributed by atoms with E-state index in [2.05, 4.69) is 20.1 Å². The molecule has 0 radical (unpaired) electrons. The van der Waals surface area contributed by atoms with Crippen LogP contribution in [0.2, 0.25) is 0 Å². The molecule has 1 N–H and O–H groups in total. The summed E-state index contributed by atoms with van der Waals surface area (Å²) in [5, 5.41) is 12.3. The first-order valence-electron chi connectivity index (χ1n) is 6.65. The molecule has 4 nitrogen and oxygen atoms in total. The second kappa shape index (κ2) is 5.40. The number of hydrogen-bond acceptors (Lipinski definition) is 4. The maximum atomic E-state index is 4.40. The lowest BCUT2D eigenvalue weighted by atomic mass is 10.2. The summed E-state index contributed by atoms with van der Waals surface area (Å²) < 4.78 is 2.37. The molecule has 5 heteroatoms. The van der Waals surface area contributed by atoms with Gasteiger partial charge >= 0.3 is 0 Å². The molecule has 0 aromatic carbocycles. The van der Waals surface area contributed by atoms with Crippen molar-refractivity contribution in [3.8, 4) is 0 Å². The summed E-state index contributed by atoms with van der Waals surface area (Å²) in [6.45, 7) is 2.26. The van der Waals surface area contributed by atoms with Crippen LogP contribution in [0, 0.1) is 0 Å². The van der Waals surface area contributed by atoms with Crippen molar-refractivity contribution < 1.29 is 0 Å². The fourth-order valence-corrected chi connectivity index (χ4v) is 3.62. The molecule has 0 saturated carbocycles. The highest BCUT2D eigenvalue weighted by atomic mass is 32.2. The molecule has 1 fully saturated rings. The first-order valence-corrected chi connectivity index (χ1v) is 7.81. The molecule has 1 saturated heterocycles. The molecule has 1 unspecified atom stereocenters. The molecule has 3 heterocycles. The third-order valence-electron chi connectivity index (χ3n) is 3.61. The monoisotopic (exact) mass is 252 g/mol. The Labute approximate surface area is 107 Å². The molecular formula is C12H20N4S. The van der Waals surface area contributed by atoms with Gasteiger partial charge in [0.05, 0.1) is 0 Å². The van der Waals surface area contributed by atoms with Crippen LogP contribution in [0.1, 0.15) is 30.9 Å². The van der Waals surface area contributed by atoms with Crippen molar-refractivity contribution in [1.29, 1.82) is 0 Å². The molecule has 1 atom stereocenters. The van der Waals surface area contributed by atoms with Crippen LogP contribution in [0.4, 0.5) is 0 Å². The highest BCUT2D eigenvalue weighted by Gasteiger charge is 2.19. The van der Waals surface area contributed by atoms with Crippen molar-refractivity contribution in [2.45, 2.75) is 44.7 Å². The second-order valence-electron chi connectivity index (χ2n) is 4.92. The van der Waals surface area contributed by atoms with Crippen LogP contribution in [-0.4, -0.2) is 38.9 Å². The van der Waals surface area contributed by atoms with Crippen molar-refractivity contribution in [1.82, 2.24) is 20.1 Å². The molecule has 2 aliphatic heterocycles. The minimum absolute atomic E-state index is 0.588. The van der Waals surface area contributed by atoms with Gasteiger partial charge in [-0.1, -0.05) is 6.42 Å². The quantitative estimate of drug-likeness (QED) is 0.860. The molecule has 94 valence electrons. The Balaban J connectivity index is 1.71. The lowest BCUT2D eigenvalue weighted by Crippen LogP contribution is -2.39. The Morgan fingerprint density at radius 1 is 1.29 bits per heavy atom. The Hall–Kier alpha value is -0.550. The number of fused-ring (bicyclic) bond motifs is 1. The van der Waals surface area contributed by atoms with Gasteiger partial charge in [0.15, 0.2) is 0 Å². The van der Waals surface area contributed by atoms with E-state index in [1.54, 1.807) is 0 Å². The largest absolute Gasteiger partial charge is 0.315 e. The lowest BCUT2D eigenvalue weighted by molar-refractivity contribution is 0.523. The minimum Gasteiger partial charge on any atom is -0.315 e. The minimum atomic E-state index is 0.588. The van der Waals surface area contributed by atoms with Crippen LogP contribution in [0.5, 0.6) is 0 Å². The van der Waals surface area contributed by atoms with E-state index in [1.807, 2.05) is 11.8 Å². The molecule has 0 spiro atoms. The van der Waals surface area contributed by atoms with Crippen molar-refractivity contribution in [2.24, 2.45) is 0 Å². The smallest absolute Gasteiger partial charge is 0.134 e. The van der Waals surface area contributed by atoms with Gasteiger partial charge in [-0.15, -0.1) is 10.2 Å². The summed E-state index contributed by atoms with van der Waals surface area (Å²) in [6, 6.07) is 0.588. The Morgan fingerprint density at radius 2 is 2.29 bits per heavy atom. The maximum Gasteiger partial charge on any atom is 0.134 e. The molecule has 2 aliphatic rings. The molecule has 1 aromatic heterocycles. The number of rotatable bonds is 2. The lowest BCUT2D eigenvalue weighted by Gasteiger charge is -2.22. The van der Waals surface area contributed by atoms with Gasteiger partial charge in [0.2, 0.25) is 0 Å². The van der Waals surface area contributed by atoms with Gasteiger partial charge in [0.1, 0.15) is 11.6 Å². The van der Waals surface area contributed by atoms with Crippen LogP contribution < -0.4 is 5.32 Å². The van der Waals surface area contributed by atoms with Gasteiger partial charge in [-0.3, -0.25) is 0 Å². The van der Waals surface area contributed by atoms with E-state index in [1.165, 1.54) is 42.4 Å². The zero-order chi connectivity index (χ0) is 11.5. The number of aryl methyl sites for hydroxylation is 1. The van der Waals surface area contributed by atoms with Crippen LogP contribution in [0.3, 0.4) is 0 Å². The van der Waals surface area contributed by atoms with Gasteiger partial charge in [-0.05, 0) is 12.8 Å². The fraction of sp³-hybridized carbons (Fsp3) is 0.833. The van der Waals surface area contributed by atoms with Gasteiger partial charge in [0, 0.05) is 43.5 Å². The first-order chi connectivity index (χ1) is 8.43. The summed E-state index contributed by atoms with van der Waals surface area (Å²) in [5.41, 5.74) is 0. The van der Waals surface area contributed by atoms with Gasteiger partial charge < -0.3 is 9.88 Å². The summed E-state index contributed by atoms with van der Waals surface area (Å²) >= 11 is 2.05. The zero-order valence-corrected chi connectivity index (χ0v) is 11.0. The number of thioether (sulfide) groups is 1. The topological polar surface area (TPSA) is 42.7 Å². The summed E-state index contributed by atoms with van der Waals surface area (Å²) in [4.78, 5) is 0. The molecular weight excluding hydrogens is 232 g/mol. The van der Waals surface area contributed by atoms with E-state index in [0.29, 0.717) is 6.04 Å². The normalized spacial score (nSPS) is 25.3. The molecule has 0 amide bonds. The van der Waals surface area contributed by atoms with E-state index in [0.717, 1.165) is 25.9 Å². The summed E-state index contributed by atoms with van der Waals surface area (Å²) in [7, 11) is 0. The van der Waals surface area contributed by atoms with Crippen LogP contribution in [0.15, 0.2) is 0 Å². The van der Waals surface area contributed by atoms with E-state index >= 15 is 0 Å². The first kappa shape index (κ1) is 11.5. The Bertz CT molecular complexity index is 371. The van der Waals surface area contributed by atoms with E-state index in [-0.39, 0.29) is 0 Å². The summed E-state index contributed by atoms with van der Waals surface area (Å²) in [6.07, 6.45) is 6.04. The predicted octanol–water partition coefficient (Wildman–Crippen LogP) is 1.25. The van der Waals surface area contributed by atoms with E-state index < -0.39 is 0 Å². The van der Waals surface area contributed by atoms with Crippen molar-refractivity contribution in [3.63, 3.8) is 0 Å². The number of aromatic nitrogens is 3. The number of nitrogens with one attached hydrogen (secondary N) is 1. The Kier molecular flexibility index (Phi) is 3.66. The van der Waals surface area contributed by atoms with Gasteiger partial charge in [-0.25, -0.2) is 0 Å². The standard InChI is InChI=1S/C12H20N4S/c1-2-4-11-14-15-12(16(11)6-3-1)8-10-9-17-7-5-13-10/h10,13H,1-9H2. The zero-order valence-electron chi connectivity index (χ0n) is 10.2. The fourth-order valence-electron chi connectivity index (χ4n) is 2.67. The highest BCUT2D eigenvalue weighted by Crippen LogP contribution is 2.17. The maximum absolute atomic E-state index is 4.40. The van der Waals surface area contributed by atoms with Crippen LogP contribution in [0.25, 0.3) is 0 Å². The van der Waals surface area contributed by atoms with Crippen molar-refractivity contribution in [3.05, 3.63) is 11.6 Å². The second-order valence-corrected chi connectivity index (χ2v) is 6.07. The molecule has 0 aliphatic carbocycles. The highest BCUT2D eigenvalue weighted by molar-refractivity contribution is 7.99. The average molecular weight is 252 g/mol. The molecule has 0 bridgehead atoms. The van der Waals surface area contributed by atoms with Crippen molar-refractivity contribution in [2.75, 3.05) is 18.1 Å². The van der Waals surface area contributed by atoms with Crippen molar-refractivity contribution >= 4 is 11.8 Å². The van der Waals surface area contributed by atoms with Crippen LogP contribution >= 0.6 is 11.8 Å². The predicted molar refractivity (Wildman–Crippen MR) is 70.4 cm³/mol. The van der Waals surface area contributed by atoms with E-state index in [9.17, 15) is 0 Å². The van der Waals surface area contributed by atoms with E-state index in [4.69, 9.17) is 0 Å². The Morgan fingerprint density at radius 3 is 3.18 bits per heavy atom.